The Balaban J connectivity index is 1.67. The summed E-state index contributed by atoms with van der Waals surface area (Å²) < 4.78 is 7.05. The van der Waals surface area contributed by atoms with E-state index < -0.39 is 0 Å². The van der Waals surface area contributed by atoms with Gasteiger partial charge in [0.2, 0.25) is 0 Å². The Hall–Kier alpha value is -3.13. The van der Waals surface area contributed by atoms with Gasteiger partial charge in [0.05, 0.1) is 18.9 Å². The van der Waals surface area contributed by atoms with Gasteiger partial charge in [-0.25, -0.2) is 0 Å². The van der Waals surface area contributed by atoms with Gasteiger partial charge in [0, 0.05) is 17.7 Å². The molecule has 162 valence electrons. The van der Waals surface area contributed by atoms with E-state index in [0.717, 1.165) is 5.56 Å². The third-order valence-corrected chi connectivity index (χ3v) is 5.90. The maximum Gasteiger partial charge on any atom is 0.252 e. The fourth-order valence-electron chi connectivity index (χ4n) is 3.18. The van der Waals surface area contributed by atoms with Crippen LogP contribution in [-0.2, 0) is 6.54 Å². The predicted molar refractivity (Wildman–Crippen MR) is 121 cm³/mol. The molecule has 1 atom stereocenters. The summed E-state index contributed by atoms with van der Waals surface area (Å²) in [5.74, 6) is 1.46. The zero-order valence-electron chi connectivity index (χ0n) is 18.1. The quantitative estimate of drug-likeness (QED) is 0.400. The van der Waals surface area contributed by atoms with Crippen molar-refractivity contribution in [3.05, 3.63) is 71.0 Å². The first-order valence-corrected chi connectivity index (χ1v) is 11.0. The first kappa shape index (κ1) is 22.6. The number of ketones is 1. The SMILES string of the molecule is CCn1c(SCC(=O)c2ccc(OC)cc2)nnc1[C@H](C)NC(=O)c1ccccc1C. The molecular weight excluding hydrogens is 412 g/mol. The van der Waals surface area contributed by atoms with Crippen molar-refractivity contribution in [1.29, 1.82) is 0 Å². The Morgan fingerprint density at radius 3 is 2.48 bits per heavy atom. The molecule has 0 saturated carbocycles. The Morgan fingerprint density at radius 2 is 1.84 bits per heavy atom. The molecule has 1 N–H and O–H groups in total. The van der Waals surface area contributed by atoms with Crippen molar-refractivity contribution < 1.29 is 14.3 Å². The van der Waals surface area contributed by atoms with Crippen LogP contribution in [0.5, 0.6) is 5.75 Å². The second kappa shape index (κ2) is 10.3. The van der Waals surface area contributed by atoms with Gasteiger partial charge in [-0.15, -0.1) is 10.2 Å². The summed E-state index contributed by atoms with van der Waals surface area (Å²) in [5, 5.41) is 12.2. The molecule has 0 fully saturated rings. The van der Waals surface area contributed by atoms with Crippen LogP contribution in [0.2, 0.25) is 0 Å². The Bertz CT molecular complexity index is 1060. The predicted octanol–water partition coefficient (Wildman–Crippen LogP) is 4.08. The molecule has 1 aromatic heterocycles. The maximum atomic E-state index is 12.6. The number of nitrogens with zero attached hydrogens (tertiary/aromatic N) is 3. The minimum atomic E-state index is -0.328. The maximum absolute atomic E-state index is 12.6. The summed E-state index contributed by atoms with van der Waals surface area (Å²) in [6, 6.07) is 14.2. The van der Waals surface area contributed by atoms with Crippen LogP contribution in [0.3, 0.4) is 0 Å². The molecule has 3 rings (SSSR count). The number of hydrogen-bond acceptors (Lipinski definition) is 6. The van der Waals surface area contributed by atoms with Crippen molar-refractivity contribution >= 4 is 23.5 Å². The highest BCUT2D eigenvalue weighted by molar-refractivity contribution is 7.99. The lowest BCUT2D eigenvalue weighted by Gasteiger charge is -2.16. The Morgan fingerprint density at radius 1 is 1.13 bits per heavy atom. The highest BCUT2D eigenvalue weighted by Crippen LogP contribution is 2.22. The Kier molecular flexibility index (Phi) is 7.46. The van der Waals surface area contributed by atoms with Crippen LogP contribution in [-0.4, -0.2) is 39.3 Å². The molecule has 0 radical (unpaired) electrons. The zero-order valence-corrected chi connectivity index (χ0v) is 18.9. The molecule has 3 aromatic rings. The van der Waals surface area contributed by atoms with Gasteiger partial charge >= 0.3 is 0 Å². The molecule has 0 aliphatic heterocycles. The van der Waals surface area contributed by atoms with Gasteiger partial charge in [-0.2, -0.15) is 0 Å². The molecule has 0 aliphatic rings. The zero-order chi connectivity index (χ0) is 22.4. The number of hydrogen-bond donors (Lipinski definition) is 1. The number of carbonyl (C=O) groups excluding carboxylic acids is 2. The number of methoxy groups -OCH3 is 1. The van der Waals surface area contributed by atoms with Crippen LogP contribution < -0.4 is 10.1 Å². The molecule has 0 aliphatic carbocycles. The average Bonchev–Trinajstić information content (AvgIpc) is 3.20. The highest BCUT2D eigenvalue weighted by Gasteiger charge is 2.21. The van der Waals surface area contributed by atoms with E-state index in [2.05, 4.69) is 15.5 Å². The van der Waals surface area contributed by atoms with Gasteiger partial charge in [-0.05, 0) is 56.7 Å². The van der Waals surface area contributed by atoms with E-state index in [0.29, 0.717) is 34.4 Å². The van der Waals surface area contributed by atoms with E-state index in [-0.39, 0.29) is 23.5 Å². The lowest BCUT2D eigenvalue weighted by molar-refractivity contribution is 0.0936. The van der Waals surface area contributed by atoms with E-state index >= 15 is 0 Å². The van der Waals surface area contributed by atoms with E-state index in [1.165, 1.54) is 11.8 Å². The van der Waals surface area contributed by atoms with E-state index in [1.807, 2.05) is 43.5 Å². The first-order valence-electron chi connectivity index (χ1n) is 10.0. The summed E-state index contributed by atoms with van der Waals surface area (Å²) in [5.41, 5.74) is 2.17. The minimum Gasteiger partial charge on any atom is -0.497 e. The standard InChI is InChI=1S/C23H26N4O3S/c1-5-27-21(16(3)24-22(29)19-9-7-6-8-15(19)2)25-26-23(27)31-14-20(28)17-10-12-18(30-4)13-11-17/h6-13,16H,5,14H2,1-4H3,(H,24,29)/t16-/m0/s1. The van der Waals surface area contributed by atoms with Gasteiger partial charge in [0.25, 0.3) is 5.91 Å². The molecular formula is C23H26N4O3S. The third kappa shape index (κ3) is 5.32. The smallest absolute Gasteiger partial charge is 0.252 e. The lowest BCUT2D eigenvalue weighted by Crippen LogP contribution is -2.29. The van der Waals surface area contributed by atoms with Gasteiger partial charge in [0.1, 0.15) is 5.75 Å². The summed E-state index contributed by atoms with van der Waals surface area (Å²) >= 11 is 1.34. The fourth-order valence-corrected chi connectivity index (χ4v) is 4.09. The summed E-state index contributed by atoms with van der Waals surface area (Å²) in [7, 11) is 1.59. The molecule has 0 spiro atoms. The molecule has 0 saturated heterocycles. The number of amides is 1. The second-order valence-corrected chi connectivity index (χ2v) is 7.98. The first-order chi connectivity index (χ1) is 14.9. The fraction of sp³-hybridized carbons (Fsp3) is 0.304. The number of Topliss-reactive ketones (excluding diaryl/α,β-unsaturated/α-hetero) is 1. The van der Waals surface area contributed by atoms with Gasteiger partial charge in [-0.1, -0.05) is 30.0 Å². The summed E-state index contributed by atoms with van der Waals surface area (Å²) in [4.78, 5) is 25.2. The molecule has 8 heteroatoms. The lowest BCUT2D eigenvalue weighted by atomic mass is 10.1. The van der Waals surface area contributed by atoms with Crippen molar-refractivity contribution in [2.75, 3.05) is 12.9 Å². The second-order valence-electron chi connectivity index (χ2n) is 7.04. The number of rotatable bonds is 9. The van der Waals surface area contributed by atoms with Gasteiger partial charge in [0.15, 0.2) is 16.8 Å². The number of aryl methyl sites for hydroxylation is 1. The molecule has 7 nitrogen and oxygen atoms in total. The van der Waals surface area contributed by atoms with Crippen LogP contribution in [0.4, 0.5) is 0 Å². The molecule has 31 heavy (non-hydrogen) atoms. The highest BCUT2D eigenvalue weighted by atomic mass is 32.2. The Labute approximate surface area is 186 Å². The molecule has 1 heterocycles. The van der Waals surface area contributed by atoms with Gasteiger partial charge < -0.3 is 14.6 Å². The van der Waals surface area contributed by atoms with E-state index in [9.17, 15) is 9.59 Å². The third-order valence-electron chi connectivity index (χ3n) is 4.93. The molecule has 2 aromatic carbocycles. The van der Waals surface area contributed by atoms with E-state index in [4.69, 9.17) is 4.74 Å². The molecule has 1 amide bonds. The van der Waals surface area contributed by atoms with Crippen molar-refractivity contribution in [3.63, 3.8) is 0 Å². The number of benzene rings is 2. The average molecular weight is 439 g/mol. The van der Waals surface area contributed by atoms with Crippen LogP contribution in [0.15, 0.2) is 53.7 Å². The van der Waals surface area contributed by atoms with Crippen molar-refractivity contribution in [2.24, 2.45) is 0 Å². The number of thioether (sulfide) groups is 1. The van der Waals surface area contributed by atoms with Crippen LogP contribution in [0, 0.1) is 6.92 Å². The summed E-state index contributed by atoms with van der Waals surface area (Å²) in [6.45, 7) is 6.40. The molecule has 0 unspecified atom stereocenters. The van der Waals surface area contributed by atoms with Crippen LogP contribution in [0.25, 0.3) is 0 Å². The summed E-state index contributed by atoms with van der Waals surface area (Å²) in [6.07, 6.45) is 0. The van der Waals surface area contributed by atoms with Crippen molar-refractivity contribution in [3.8, 4) is 5.75 Å². The van der Waals surface area contributed by atoms with Crippen molar-refractivity contribution in [1.82, 2.24) is 20.1 Å². The largest absolute Gasteiger partial charge is 0.497 e. The van der Waals surface area contributed by atoms with Gasteiger partial charge in [-0.3, -0.25) is 9.59 Å². The number of carbonyl (C=O) groups is 2. The van der Waals surface area contributed by atoms with Crippen LogP contribution >= 0.6 is 11.8 Å². The topological polar surface area (TPSA) is 86.1 Å². The number of aromatic nitrogens is 3. The normalized spacial score (nSPS) is 11.7. The number of ether oxygens (including phenoxy) is 1. The monoisotopic (exact) mass is 438 g/mol. The van der Waals surface area contributed by atoms with Crippen molar-refractivity contribution in [2.45, 2.75) is 38.5 Å². The minimum absolute atomic E-state index is 0.000704. The van der Waals surface area contributed by atoms with Crippen LogP contribution in [0.1, 0.15) is 52.0 Å². The number of nitrogens with one attached hydrogen (secondary N) is 1. The molecule has 0 bridgehead atoms. The van der Waals surface area contributed by atoms with E-state index in [1.54, 1.807) is 37.4 Å².